The molecule has 0 aromatic heterocycles. The first-order valence-corrected chi connectivity index (χ1v) is 18.1. The maximum atomic E-state index is 8.77. The Labute approximate surface area is 236 Å². The quantitative estimate of drug-likeness (QED) is 0.0459. The molecule has 0 spiro atoms. The van der Waals surface area contributed by atoms with E-state index in [9.17, 15) is 0 Å². The Morgan fingerprint density at radius 2 is 0.371 bits per heavy atom. The van der Waals surface area contributed by atoms with Gasteiger partial charge in [0.25, 0.3) is 0 Å². The van der Waals surface area contributed by atoms with Crippen LogP contribution in [0.4, 0.5) is 0 Å². The molecule has 0 saturated carbocycles. The van der Waals surface area contributed by atoms with E-state index in [2.05, 4.69) is 22.6 Å². The number of hydrogen-bond donors (Lipinski definition) is 1. The SMILES string of the molecule is OCCCCCCCCCCCCCCCCCCCCCCCCCCCCCCCCCI. The van der Waals surface area contributed by atoms with E-state index in [0.29, 0.717) is 6.61 Å². The highest BCUT2D eigenvalue weighted by Gasteiger charge is 1.97. The number of rotatable bonds is 32. The maximum absolute atomic E-state index is 8.77. The lowest BCUT2D eigenvalue weighted by atomic mass is 10.0. The normalized spacial score (nSPS) is 11.5. The van der Waals surface area contributed by atoms with Crippen molar-refractivity contribution in [2.45, 2.75) is 199 Å². The van der Waals surface area contributed by atoms with Crippen molar-refractivity contribution in [2.75, 3.05) is 11.0 Å². The van der Waals surface area contributed by atoms with Crippen molar-refractivity contribution in [1.82, 2.24) is 0 Å². The van der Waals surface area contributed by atoms with Crippen molar-refractivity contribution in [2.24, 2.45) is 0 Å². The van der Waals surface area contributed by atoms with E-state index in [0.717, 1.165) is 6.42 Å². The van der Waals surface area contributed by atoms with Crippen LogP contribution in [-0.2, 0) is 0 Å². The fraction of sp³-hybridized carbons (Fsp3) is 1.00. The predicted molar refractivity (Wildman–Crippen MR) is 169 cm³/mol. The van der Waals surface area contributed by atoms with E-state index in [1.807, 2.05) is 0 Å². The lowest BCUT2D eigenvalue weighted by Crippen LogP contribution is -1.85. The number of aliphatic hydroxyl groups is 1. The van der Waals surface area contributed by atoms with Crippen molar-refractivity contribution < 1.29 is 5.11 Å². The summed E-state index contributed by atoms with van der Waals surface area (Å²) in [4.78, 5) is 0. The number of unbranched alkanes of at least 4 members (excludes halogenated alkanes) is 30. The van der Waals surface area contributed by atoms with Gasteiger partial charge in [-0.2, -0.15) is 0 Å². The zero-order valence-electron chi connectivity index (χ0n) is 24.2. The number of hydrogen-bond acceptors (Lipinski definition) is 1. The van der Waals surface area contributed by atoms with Crippen molar-refractivity contribution in [3.8, 4) is 0 Å². The van der Waals surface area contributed by atoms with Gasteiger partial charge in [-0.05, 0) is 17.3 Å². The highest BCUT2D eigenvalue weighted by Crippen LogP contribution is 2.16. The summed E-state index contributed by atoms with van der Waals surface area (Å²) in [6.45, 7) is 0.374. The summed E-state index contributed by atoms with van der Waals surface area (Å²) in [5.74, 6) is 0. The Balaban J connectivity index is 3.00. The first kappa shape index (κ1) is 35.7. The van der Waals surface area contributed by atoms with Crippen molar-refractivity contribution in [3.63, 3.8) is 0 Å². The molecule has 0 bridgehead atoms. The Morgan fingerprint density at radius 1 is 0.229 bits per heavy atom. The number of alkyl halides is 1. The third kappa shape index (κ3) is 34.7. The molecule has 0 aliphatic heterocycles. The molecular formula is C33H67IO. The van der Waals surface area contributed by atoms with Gasteiger partial charge in [0.2, 0.25) is 0 Å². The van der Waals surface area contributed by atoms with Crippen LogP contribution in [0.25, 0.3) is 0 Å². The van der Waals surface area contributed by atoms with E-state index in [4.69, 9.17) is 5.11 Å². The molecule has 0 aromatic carbocycles. The standard InChI is InChI=1S/C33H67IO/c34-32-30-28-26-24-22-20-18-16-14-12-10-8-6-4-2-1-3-5-7-9-11-13-15-17-19-21-23-25-27-29-31-33-35/h35H,1-33H2. The largest absolute Gasteiger partial charge is 0.396 e. The van der Waals surface area contributed by atoms with E-state index < -0.39 is 0 Å². The summed E-state index contributed by atoms with van der Waals surface area (Å²) in [6.07, 6.45) is 44.6. The van der Waals surface area contributed by atoms with Crippen molar-refractivity contribution in [3.05, 3.63) is 0 Å². The molecule has 0 aliphatic rings. The van der Waals surface area contributed by atoms with Crippen LogP contribution in [0.15, 0.2) is 0 Å². The van der Waals surface area contributed by atoms with Crippen LogP contribution in [-0.4, -0.2) is 16.1 Å². The monoisotopic (exact) mass is 606 g/mol. The second kappa shape index (κ2) is 34.7. The topological polar surface area (TPSA) is 20.2 Å². The highest BCUT2D eigenvalue weighted by molar-refractivity contribution is 14.1. The van der Waals surface area contributed by atoms with E-state index in [1.54, 1.807) is 0 Å². The lowest BCUT2D eigenvalue weighted by Gasteiger charge is -2.04. The van der Waals surface area contributed by atoms with E-state index >= 15 is 0 Å². The lowest BCUT2D eigenvalue weighted by molar-refractivity contribution is 0.282. The summed E-state index contributed by atoms with van der Waals surface area (Å²) in [5, 5.41) is 8.77. The fourth-order valence-electron chi connectivity index (χ4n) is 5.33. The van der Waals surface area contributed by atoms with Gasteiger partial charge in [0.15, 0.2) is 0 Å². The van der Waals surface area contributed by atoms with Crippen LogP contribution in [0.5, 0.6) is 0 Å². The molecule has 0 amide bonds. The predicted octanol–water partition coefficient (Wildman–Crippen LogP) is 12.5. The molecule has 0 saturated heterocycles. The van der Waals surface area contributed by atoms with Crippen molar-refractivity contribution in [1.29, 1.82) is 0 Å². The van der Waals surface area contributed by atoms with Crippen LogP contribution in [0, 0.1) is 0 Å². The summed E-state index contributed by atoms with van der Waals surface area (Å²) in [7, 11) is 0. The molecule has 2 heteroatoms. The minimum atomic E-state index is 0.374. The van der Waals surface area contributed by atoms with E-state index in [-0.39, 0.29) is 0 Å². The van der Waals surface area contributed by atoms with Gasteiger partial charge in [-0.25, -0.2) is 0 Å². The Bertz CT molecular complexity index is 314. The van der Waals surface area contributed by atoms with Gasteiger partial charge in [0, 0.05) is 6.61 Å². The third-order valence-electron chi connectivity index (χ3n) is 7.79. The summed E-state index contributed by atoms with van der Waals surface area (Å²) < 4.78 is 1.34. The van der Waals surface area contributed by atoms with Gasteiger partial charge in [0.05, 0.1) is 0 Å². The molecule has 0 aromatic rings. The second-order valence-corrected chi connectivity index (χ2v) is 12.5. The average Bonchev–Trinajstić information content (AvgIpc) is 2.87. The summed E-state index contributed by atoms with van der Waals surface area (Å²) in [5.41, 5.74) is 0. The molecule has 0 atom stereocenters. The van der Waals surface area contributed by atoms with Crippen LogP contribution < -0.4 is 0 Å². The first-order chi connectivity index (χ1) is 17.4. The molecule has 212 valence electrons. The Kier molecular flexibility index (Phi) is 35.4. The first-order valence-electron chi connectivity index (χ1n) is 16.6. The molecule has 35 heavy (non-hydrogen) atoms. The summed E-state index contributed by atoms with van der Waals surface area (Å²) >= 11 is 2.50. The molecule has 1 N–H and O–H groups in total. The van der Waals surface area contributed by atoms with Crippen LogP contribution >= 0.6 is 22.6 Å². The fourth-order valence-corrected chi connectivity index (χ4v) is 5.87. The molecule has 0 fully saturated rings. The summed E-state index contributed by atoms with van der Waals surface area (Å²) in [6, 6.07) is 0. The molecule has 0 heterocycles. The molecule has 0 radical (unpaired) electrons. The zero-order chi connectivity index (χ0) is 25.3. The molecule has 0 rings (SSSR count). The average molecular weight is 607 g/mol. The minimum Gasteiger partial charge on any atom is -0.396 e. The molecule has 0 aliphatic carbocycles. The van der Waals surface area contributed by atoms with Gasteiger partial charge in [-0.3, -0.25) is 0 Å². The number of halogens is 1. The third-order valence-corrected chi connectivity index (χ3v) is 8.55. The van der Waals surface area contributed by atoms with Gasteiger partial charge >= 0.3 is 0 Å². The number of aliphatic hydroxyl groups excluding tert-OH is 1. The highest BCUT2D eigenvalue weighted by atomic mass is 127. The Morgan fingerprint density at radius 3 is 0.514 bits per heavy atom. The van der Waals surface area contributed by atoms with Gasteiger partial charge in [-0.1, -0.05) is 209 Å². The van der Waals surface area contributed by atoms with Gasteiger partial charge < -0.3 is 5.11 Å². The minimum absolute atomic E-state index is 0.374. The van der Waals surface area contributed by atoms with Crippen LogP contribution in [0.1, 0.15) is 199 Å². The van der Waals surface area contributed by atoms with Crippen molar-refractivity contribution >= 4 is 22.6 Å². The Hall–Kier alpha value is 0.690. The maximum Gasteiger partial charge on any atom is 0.0431 e. The van der Waals surface area contributed by atoms with Crippen LogP contribution in [0.3, 0.4) is 0 Å². The van der Waals surface area contributed by atoms with Gasteiger partial charge in [0.1, 0.15) is 0 Å². The van der Waals surface area contributed by atoms with E-state index in [1.165, 1.54) is 197 Å². The van der Waals surface area contributed by atoms with Gasteiger partial charge in [-0.15, -0.1) is 0 Å². The zero-order valence-corrected chi connectivity index (χ0v) is 26.3. The molecular weight excluding hydrogens is 539 g/mol. The molecule has 1 nitrogen and oxygen atoms in total. The van der Waals surface area contributed by atoms with Crippen LogP contribution in [0.2, 0.25) is 0 Å². The smallest absolute Gasteiger partial charge is 0.0431 e. The second-order valence-electron chi connectivity index (χ2n) is 11.4. The molecule has 0 unspecified atom stereocenters.